The van der Waals surface area contributed by atoms with Crippen molar-refractivity contribution in [3.05, 3.63) is 120 Å². The topological polar surface area (TPSA) is 103 Å². The number of esters is 2. The first kappa shape index (κ1) is 27.7. The summed E-state index contributed by atoms with van der Waals surface area (Å²) in [6, 6.07) is 30.7. The van der Waals surface area contributed by atoms with Gasteiger partial charge in [-0.05, 0) is 73.5 Å². The smallest absolute Gasteiger partial charge is 0.370 e. The van der Waals surface area contributed by atoms with Crippen molar-refractivity contribution in [2.45, 2.75) is 32.1 Å². The second-order valence-electron chi connectivity index (χ2n) is 10.3. The van der Waals surface area contributed by atoms with Crippen LogP contribution in [0.4, 0.5) is 16.2 Å². The molecule has 1 saturated carbocycles. The summed E-state index contributed by atoms with van der Waals surface area (Å²) in [4.78, 5) is 38.8. The number of carbonyl (C=O) groups excluding carboxylic acids is 3. The number of amides is 2. The van der Waals surface area contributed by atoms with Crippen molar-refractivity contribution in [3.63, 3.8) is 0 Å². The fourth-order valence-corrected chi connectivity index (χ4v) is 5.01. The standard InChI is InChI=1S/C34H29N4O5/c39-32(25-12-6-2-7-13-25)42-29-20-16-27(17-21-29)37-34(41)38(36-31(35-37)24-10-4-1-5-11-24)28-18-22-30(23-19-28)43-33(40)26-14-8-3-9-15-26/h1-2,4-7,10-13,16-23,26H,3,8-9,14-15H2. The molecule has 0 spiro atoms. The average Bonchev–Trinajstić information content (AvgIpc) is 3.07. The Morgan fingerprint density at radius 1 is 0.651 bits per heavy atom. The maximum atomic E-state index is 13.7. The number of rotatable bonds is 7. The molecule has 1 aliphatic carbocycles. The van der Waals surface area contributed by atoms with Gasteiger partial charge in [-0.3, -0.25) is 4.79 Å². The minimum atomic E-state index is -0.513. The number of urea groups is 1. The zero-order chi connectivity index (χ0) is 29.6. The molecule has 43 heavy (non-hydrogen) atoms. The van der Waals surface area contributed by atoms with Gasteiger partial charge in [0.15, 0.2) is 5.84 Å². The molecule has 4 aromatic carbocycles. The van der Waals surface area contributed by atoms with Crippen molar-refractivity contribution >= 4 is 35.2 Å². The van der Waals surface area contributed by atoms with Gasteiger partial charge in [-0.15, -0.1) is 10.5 Å². The summed E-state index contributed by atoms with van der Waals surface area (Å²) in [5.74, 6) is 0.303. The third-order valence-electron chi connectivity index (χ3n) is 7.32. The number of nitrogens with zero attached hydrogens (tertiary/aromatic N) is 4. The number of amidine groups is 1. The maximum Gasteiger partial charge on any atom is 0.370 e. The number of hydrazone groups is 1. The van der Waals surface area contributed by atoms with E-state index >= 15 is 0 Å². The largest absolute Gasteiger partial charge is 0.426 e. The van der Waals surface area contributed by atoms with Crippen LogP contribution in [0.3, 0.4) is 0 Å². The first-order valence-electron chi connectivity index (χ1n) is 14.2. The van der Waals surface area contributed by atoms with Crippen LogP contribution in [0.2, 0.25) is 0 Å². The third-order valence-corrected chi connectivity index (χ3v) is 7.32. The summed E-state index contributed by atoms with van der Waals surface area (Å²) < 4.78 is 11.1. The van der Waals surface area contributed by atoms with Crippen molar-refractivity contribution in [3.8, 4) is 11.5 Å². The molecule has 2 amide bonds. The lowest BCUT2D eigenvalue weighted by Crippen LogP contribution is -2.52. The minimum Gasteiger partial charge on any atom is -0.426 e. The lowest BCUT2D eigenvalue weighted by molar-refractivity contribution is -0.139. The van der Waals surface area contributed by atoms with Crippen LogP contribution in [0.5, 0.6) is 11.5 Å². The van der Waals surface area contributed by atoms with Crippen molar-refractivity contribution in [1.29, 1.82) is 0 Å². The van der Waals surface area contributed by atoms with Gasteiger partial charge >= 0.3 is 18.0 Å². The highest BCUT2D eigenvalue weighted by Crippen LogP contribution is 2.29. The molecule has 1 aliphatic heterocycles. The Kier molecular flexibility index (Phi) is 8.13. The monoisotopic (exact) mass is 573 g/mol. The van der Waals surface area contributed by atoms with Gasteiger partial charge in [0.05, 0.1) is 22.9 Å². The summed E-state index contributed by atoms with van der Waals surface area (Å²) in [5, 5.41) is 7.05. The summed E-state index contributed by atoms with van der Waals surface area (Å²) in [6.45, 7) is 0. The molecule has 0 N–H and O–H groups in total. The molecule has 9 nitrogen and oxygen atoms in total. The van der Waals surface area contributed by atoms with E-state index in [2.05, 4.69) is 10.5 Å². The highest BCUT2D eigenvalue weighted by molar-refractivity contribution is 6.13. The van der Waals surface area contributed by atoms with E-state index in [4.69, 9.17) is 9.47 Å². The van der Waals surface area contributed by atoms with Crippen molar-refractivity contribution < 1.29 is 23.9 Å². The molecule has 4 aromatic rings. The molecule has 0 atom stereocenters. The lowest BCUT2D eigenvalue weighted by Gasteiger charge is -2.31. The van der Waals surface area contributed by atoms with Gasteiger partial charge in [-0.1, -0.05) is 67.8 Å². The number of hydrogen-bond donors (Lipinski definition) is 0. The fourth-order valence-electron chi connectivity index (χ4n) is 5.01. The quantitative estimate of drug-likeness (QED) is 0.180. The predicted octanol–water partition coefficient (Wildman–Crippen LogP) is 6.72. The lowest BCUT2D eigenvalue weighted by atomic mass is 9.89. The van der Waals surface area contributed by atoms with Gasteiger partial charge in [-0.2, -0.15) is 10.0 Å². The first-order valence-corrected chi connectivity index (χ1v) is 14.2. The number of anilines is 2. The van der Waals surface area contributed by atoms with Gasteiger partial charge < -0.3 is 9.47 Å². The summed E-state index contributed by atoms with van der Waals surface area (Å²) in [7, 11) is 0. The molecule has 215 valence electrons. The van der Waals surface area contributed by atoms with E-state index in [0.29, 0.717) is 34.3 Å². The van der Waals surface area contributed by atoms with Crippen LogP contribution < -0.4 is 24.9 Å². The maximum absolute atomic E-state index is 13.7. The molecule has 9 heteroatoms. The molecule has 0 unspecified atom stereocenters. The van der Waals surface area contributed by atoms with Gasteiger partial charge in [0, 0.05) is 5.56 Å². The van der Waals surface area contributed by atoms with Crippen LogP contribution in [0.1, 0.15) is 48.0 Å². The molecule has 6 rings (SSSR count). The zero-order valence-corrected chi connectivity index (χ0v) is 23.3. The van der Waals surface area contributed by atoms with Crippen LogP contribution >= 0.6 is 0 Å². The molecule has 0 saturated heterocycles. The van der Waals surface area contributed by atoms with E-state index in [1.807, 2.05) is 36.4 Å². The second-order valence-corrected chi connectivity index (χ2v) is 10.3. The SMILES string of the molecule is O=C(Oc1ccc(N2[N]C(c3ccccc3)=NN(c3ccc(OC(=O)C4CCCCC4)cc3)C2=O)cc1)c1ccccc1. The Morgan fingerprint density at radius 3 is 1.84 bits per heavy atom. The van der Waals surface area contributed by atoms with Crippen LogP contribution in [-0.2, 0) is 4.79 Å². The molecule has 1 heterocycles. The third kappa shape index (κ3) is 6.41. The van der Waals surface area contributed by atoms with E-state index < -0.39 is 12.0 Å². The first-order chi connectivity index (χ1) is 21.0. The van der Waals surface area contributed by atoms with Gasteiger partial charge in [-0.25, -0.2) is 9.59 Å². The highest BCUT2D eigenvalue weighted by atomic mass is 16.5. The van der Waals surface area contributed by atoms with E-state index in [1.54, 1.807) is 72.8 Å². The van der Waals surface area contributed by atoms with Crippen molar-refractivity contribution in [1.82, 2.24) is 5.43 Å². The summed E-state index contributed by atoms with van der Waals surface area (Å²) in [6.07, 6.45) is 4.95. The number of hydrogen-bond acceptors (Lipinski definition) is 6. The minimum absolute atomic E-state index is 0.0708. The molecule has 1 radical (unpaired) electrons. The fraction of sp³-hybridized carbons (Fsp3) is 0.176. The summed E-state index contributed by atoms with van der Waals surface area (Å²) in [5.41, 5.74) is 6.62. The van der Waals surface area contributed by atoms with E-state index in [9.17, 15) is 14.4 Å². The Morgan fingerprint density at radius 2 is 1.21 bits per heavy atom. The normalized spacial score (nSPS) is 15.3. The Labute approximate surface area is 249 Å². The van der Waals surface area contributed by atoms with Gasteiger partial charge in [0.25, 0.3) is 0 Å². The number of benzene rings is 4. The zero-order valence-electron chi connectivity index (χ0n) is 23.3. The second kappa shape index (κ2) is 12.6. The van der Waals surface area contributed by atoms with E-state index in [-0.39, 0.29) is 11.9 Å². The van der Waals surface area contributed by atoms with Crippen molar-refractivity contribution in [2.75, 3.05) is 10.0 Å². The Bertz CT molecular complexity index is 1620. The molecule has 1 fully saturated rings. The van der Waals surface area contributed by atoms with Crippen molar-refractivity contribution in [2.24, 2.45) is 11.0 Å². The summed E-state index contributed by atoms with van der Waals surface area (Å²) >= 11 is 0. The average molecular weight is 574 g/mol. The molecule has 0 bridgehead atoms. The molecular weight excluding hydrogens is 544 g/mol. The molecular formula is C34H29N4O5. The van der Waals surface area contributed by atoms with Crippen LogP contribution in [0, 0.1) is 5.92 Å². The van der Waals surface area contributed by atoms with Gasteiger partial charge in [0.1, 0.15) is 11.5 Å². The van der Waals surface area contributed by atoms with Crippen LogP contribution in [0.15, 0.2) is 114 Å². The van der Waals surface area contributed by atoms with E-state index in [1.165, 1.54) is 10.0 Å². The predicted molar refractivity (Wildman–Crippen MR) is 162 cm³/mol. The Hall–Kier alpha value is -5.44. The van der Waals surface area contributed by atoms with Gasteiger partial charge in [0.2, 0.25) is 0 Å². The number of carbonyl (C=O) groups is 3. The van der Waals surface area contributed by atoms with Crippen LogP contribution in [-0.4, -0.2) is 23.8 Å². The Balaban J connectivity index is 1.22. The number of ether oxygens (including phenoxy) is 2. The van der Waals surface area contributed by atoms with E-state index in [0.717, 1.165) is 37.7 Å². The molecule has 0 aromatic heterocycles. The molecule has 2 aliphatic rings. The van der Waals surface area contributed by atoms with Crippen LogP contribution in [0.25, 0.3) is 0 Å². The highest BCUT2D eigenvalue weighted by Gasteiger charge is 2.33.